The molecule has 0 spiro atoms. The lowest BCUT2D eigenvalue weighted by Crippen LogP contribution is -2.34. The van der Waals surface area contributed by atoms with Crippen molar-refractivity contribution in [2.24, 2.45) is 0 Å². The lowest BCUT2D eigenvalue weighted by atomic mass is 10.1. The maximum Gasteiger partial charge on any atom is 0.0472 e. The van der Waals surface area contributed by atoms with E-state index in [0.717, 1.165) is 36.8 Å². The third-order valence-corrected chi connectivity index (χ3v) is 5.34. The van der Waals surface area contributed by atoms with E-state index in [1.165, 1.54) is 18.4 Å². The first-order chi connectivity index (χ1) is 11.6. The van der Waals surface area contributed by atoms with E-state index >= 15 is 0 Å². The topological polar surface area (TPSA) is 15.3 Å². The van der Waals surface area contributed by atoms with Gasteiger partial charge < -0.3 is 5.32 Å². The average Bonchev–Trinajstić information content (AvgIpc) is 3.09. The van der Waals surface area contributed by atoms with Gasteiger partial charge in [0.2, 0.25) is 0 Å². The van der Waals surface area contributed by atoms with Crippen LogP contribution in [0.4, 0.5) is 0 Å². The third kappa shape index (κ3) is 4.65. The van der Waals surface area contributed by atoms with Crippen molar-refractivity contribution >= 4 is 34.8 Å². The fraction of sp³-hybridized carbons (Fsp3) is 0.368. The van der Waals surface area contributed by atoms with Gasteiger partial charge in [0, 0.05) is 34.2 Å². The fourth-order valence-electron chi connectivity index (χ4n) is 3.20. The smallest absolute Gasteiger partial charge is 0.0472 e. The number of benzene rings is 2. The van der Waals surface area contributed by atoms with E-state index in [1.807, 2.05) is 24.3 Å². The number of likely N-dealkylation sites (tertiary alicyclic amines) is 1. The maximum absolute atomic E-state index is 6.26. The number of halogens is 3. The molecule has 0 saturated carbocycles. The molecule has 24 heavy (non-hydrogen) atoms. The van der Waals surface area contributed by atoms with Crippen molar-refractivity contribution in [3.63, 3.8) is 0 Å². The average molecular weight is 384 g/mol. The van der Waals surface area contributed by atoms with Gasteiger partial charge in [-0.05, 0) is 61.3 Å². The second kappa shape index (κ2) is 8.55. The van der Waals surface area contributed by atoms with Crippen molar-refractivity contribution in [3.8, 4) is 0 Å². The van der Waals surface area contributed by atoms with Gasteiger partial charge in [-0.1, -0.05) is 53.0 Å². The van der Waals surface area contributed by atoms with Gasteiger partial charge in [0.1, 0.15) is 0 Å². The highest BCUT2D eigenvalue weighted by Gasteiger charge is 2.23. The predicted molar refractivity (Wildman–Crippen MR) is 103 cm³/mol. The van der Waals surface area contributed by atoms with E-state index in [4.69, 9.17) is 34.8 Å². The summed E-state index contributed by atoms with van der Waals surface area (Å²) >= 11 is 18.3. The molecule has 0 amide bonds. The first kappa shape index (κ1) is 18.0. The van der Waals surface area contributed by atoms with Crippen LogP contribution in [-0.2, 0) is 6.54 Å². The Bertz CT molecular complexity index is 667. The normalized spacial score (nSPS) is 16.5. The van der Waals surface area contributed by atoms with Crippen LogP contribution in [0.2, 0.25) is 15.1 Å². The van der Waals surface area contributed by atoms with Crippen LogP contribution in [0.25, 0.3) is 0 Å². The zero-order valence-electron chi connectivity index (χ0n) is 13.4. The molecule has 0 aromatic heterocycles. The highest BCUT2D eigenvalue weighted by Crippen LogP contribution is 2.26. The van der Waals surface area contributed by atoms with E-state index in [2.05, 4.69) is 22.3 Å². The van der Waals surface area contributed by atoms with Gasteiger partial charge >= 0.3 is 0 Å². The summed E-state index contributed by atoms with van der Waals surface area (Å²) in [5, 5.41) is 5.70. The van der Waals surface area contributed by atoms with E-state index in [1.54, 1.807) is 6.07 Å². The minimum Gasteiger partial charge on any atom is -0.311 e. The zero-order valence-corrected chi connectivity index (χ0v) is 15.7. The minimum atomic E-state index is 0.357. The molecule has 2 nitrogen and oxygen atoms in total. The highest BCUT2D eigenvalue weighted by molar-refractivity contribution is 6.35. The standard InChI is InChI=1S/C19H21Cl3N2/c20-16-6-3-14(4-7-16)19(24-9-1-2-10-24)13-23-12-15-5-8-17(21)11-18(15)22/h3-8,11,19,23H,1-2,9-10,12-13H2. The molecular formula is C19H21Cl3N2. The molecule has 1 unspecified atom stereocenters. The summed E-state index contributed by atoms with van der Waals surface area (Å²) in [5.74, 6) is 0. The van der Waals surface area contributed by atoms with Crippen LogP contribution in [0.3, 0.4) is 0 Å². The van der Waals surface area contributed by atoms with E-state index in [-0.39, 0.29) is 0 Å². The molecule has 0 aliphatic carbocycles. The van der Waals surface area contributed by atoms with Gasteiger partial charge in [-0.3, -0.25) is 4.90 Å². The van der Waals surface area contributed by atoms with E-state index < -0.39 is 0 Å². The van der Waals surface area contributed by atoms with Crippen LogP contribution in [0.1, 0.15) is 30.0 Å². The van der Waals surface area contributed by atoms with Gasteiger partial charge in [0.25, 0.3) is 0 Å². The summed E-state index contributed by atoms with van der Waals surface area (Å²) < 4.78 is 0. The molecule has 128 valence electrons. The molecule has 1 atom stereocenters. The SMILES string of the molecule is Clc1ccc(C(CNCc2ccc(Cl)cc2Cl)N2CCCC2)cc1. The second-order valence-electron chi connectivity index (χ2n) is 6.18. The predicted octanol–water partition coefficient (Wildman–Crippen LogP) is 5.57. The van der Waals surface area contributed by atoms with Crippen LogP contribution in [0.5, 0.6) is 0 Å². The van der Waals surface area contributed by atoms with E-state index in [9.17, 15) is 0 Å². The molecule has 1 saturated heterocycles. The van der Waals surface area contributed by atoms with Crippen molar-refractivity contribution in [3.05, 3.63) is 68.7 Å². The Morgan fingerprint density at radius 1 is 0.917 bits per heavy atom. The van der Waals surface area contributed by atoms with Crippen molar-refractivity contribution in [2.75, 3.05) is 19.6 Å². The number of rotatable bonds is 6. The maximum atomic E-state index is 6.26. The van der Waals surface area contributed by atoms with Crippen molar-refractivity contribution in [1.29, 1.82) is 0 Å². The molecule has 2 aromatic carbocycles. The summed E-state index contributed by atoms with van der Waals surface area (Å²) in [6, 6.07) is 14.2. The fourth-order valence-corrected chi connectivity index (χ4v) is 3.81. The van der Waals surface area contributed by atoms with Crippen LogP contribution >= 0.6 is 34.8 Å². The molecule has 3 rings (SSSR count). The largest absolute Gasteiger partial charge is 0.311 e. The monoisotopic (exact) mass is 382 g/mol. The number of nitrogens with one attached hydrogen (secondary N) is 1. The molecule has 1 aliphatic rings. The molecule has 0 radical (unpaired) electrons. The van der Waals surface area contributed by atoms with Crippen LogP contribution in [0, 0.1) is 0 Å². The number of hydrogen-bond donors (Lipinski definition) is 1. The van der Waals surface area contributed by atoms with Gasteiger partial charge in [0.05, 0.1) is 0 Å². The second-order valence-corrected chi connectivity index (χ2v) is 7.46. The van der Waals surface area contributed by atoms with Crippen LogP contribution < -0.4 is 5.32 Å². The Kier molecular flexibility index (Phi) is 6.43. The minimum absolute atomic E-state index is 0.357. The van der Waals surface area contributed by atoms with Crippen molar-refractivity contribution < 1.29 is 0 Å². The molecule has 1 fully saturated rings. The molecule has 1 heterocycles. The highest BCUT2D eigenvalue weighted by atomic mass is 35.5. The van der Waals surface area contributed by atoms with Crippen molar-refractivity contribution in [2.45, 2.75) is 25.4 Å². The van der Waals surface area contributed by atoms with Gasteiger partial charge in [-0.15, -0.1) is 0 Å². The summed E-state index contributed by atoms with van der Waals surface area (Å²) in [5.41, 5.74) is 2.37. The Labute approximate surface area is 158 Å². The Morgan fingerprint density at radius 2 is 1.58 bits per heavy atom. The first-order valence-corrected chi connectivity index (χ1v) is 9.41. The Hall–Kier alpha value is -0.770. The number of nitrogens with zero attached hydrogens (tertiary/aromatic N) is 1. The Morgan fingerprint density at radius 3 is 2.25 bits per heavy atom. The van der Waals surface area contributed by atoms with Crippen LogP contribution in [0.15, 0.2) is 42.5 Å². The first-order valence-electron chi connectivity index (χ1n) is 8.27. The zero-order chi connectivity index (χ0) is 16.9. The van der Waals surface area contributed by atoms with Crippen molar-refractivity contribution in [1.82, 2.24) is 10.2 Å². The molecule has 2 aromatic rings. The van der Waals surface area contributed by atoms with Gasteiger partial charge in [0.15, 0.2) is 0 Å². The third-order valence-electron chi connectivity index (χ3n) is 4.50. The quantitative estimate of drug-likeness (QED) is 0.701. The molecule has 5 heteroatoms. The molecular weight excluding hydrogens is 363 g/mol. The molecule has 1 N–H and O–H groups in total. The lowest BCUT2D eigenvalue weighted by Gasteiger charge is -2.28. The molecule has 0 bridgehead atoms. The number of hydrogen-bond acceptors (Lipinski definition) is 2. The molecule has 1 aliphatic heterocycles. The summed E-state index contributed by atoms with van der Waals surface area (Å²) in [6.45, 7) is 3.90. The summed E-state index contributed by atoms with van der Waals surface area (Å²) in [6.07, 6.45) is 2.54. The van der Waals surface area contributed by atoms with Gasteiger partial charge in [-0.25, -0.2) is 0 Å². The summed E-state index contributed by atoms with van der Waals surface area (Å²) in [4.78, 5) is 2.54. The summed E-state index contributed by atoms with van der Waals surface area (Å²) in [7, 11) is 0. The van der Waals surface area contributed by atoms with E-state index in [0.29, 0.717) is 16.1 Å². The van der Waals surface area contributed by atoms with Gasteiger partial charge in [-0.2, -0.15) is 0 Å². The Balaban J connectivity index is 1.66. The lowest BCUT2D eigenvalue weighted by molar-refractivity contribution is 0.238. The van der Waals surface area contributed by atoms with Crippen LogP contribution in [-0.4, -0.2) is 24.5 Å².